The summed E-state index contributed by atoms with van der Waals surface area (Å²) in [6, 6.07) is 0.520. The van der Waals surface area contributed by atoms with Crippen LogP contribution in [0.3, 0.4) is 0 Å². The van der Waals surface area contributed by atoms with Crippen LogP contribution in [0.4, 0.5) is 0 Å². The molecule has 2 aliphatic rings. The van der Waals surface area contributed by atoms with Crippen molar-refractivity contribution in [2.24, 2.45) is 5.92 Å². The van der Waals surface area contributed by atoms with Gasteiger partial charge in [-0.05, 0) is 31.3 Å². The van der Waals surface area contributed by atoms with E-state index in [4.69, 9.17) is 0 Å². The fraction of sp³-hybridized carbons (Fsp3) is 0.500. The van der Waals surface area contributed by atoms with Crippen LogP contribution in [0.5, 0.6) is 0 Å². The maximum Gasteiger partial charge on any atom is 0.0508 e. The topological polar surface area (TPSA) is 3.24 Å². The summed E-state index contributed by atoms with van der Waals surface area (Å²) in [7, 11) is 0. The Labute approximate surface area is 119 Å². The van der Waals surface area contributed by atoms with Crippen LogP contribution >= 0.6 is 15.9 Å². The van der Waals surface area contributed by atoms with Crippen molar-refractivity contribution in [1.29, 1.82) is 0 Å². The van der Waals surface area contributed by atoms with Crippen molar-refractivity contribution < 1.29 is 0 Å². The molecule has 0 aromatic rings. The Morgan fingerprint density at radius 1 is 1.44 bits per heavy atom. The summed E-state index contributed by atoms with van der Waals surface area (Å²) in [4.78, 5) is 2.58. The molecule has 0 amide bonds. The molecule has 0 spiro atoms. The Morgan fingerprint density at radius 3 is 2.83 bits per heavy atom. The van der Waals surface area contributed by atoms with Gasteiger partial charge in [0.2, 0.25) is 0 Å². The zero-order valence-corrected chi connectivity index (χ0v) is 12.9. The summed E-state index contributed by atoms with van der Waals surface area (Å²) in [5, 5.41) is 0. The van der Waals surface area contributed by atoms with Crippen molar-refractivity contribution in [2.75, 3.05) is 6.54 Å². The number of halogens is 1. The van der Waals surface area contributed by atoms with E-state index in [9.17, 15) is 0 Å². The first kappa shape index (κ1) is 13.7. The Kier molecular flexibility index (Phi) is 4.87. The van der Waals surface area contributed by atoms with E-state index in [-0.39, 0.29) is 0 Å². The van der Waals surface area contributed by atoms with E-state index in [0.29, 0.717) is 12.0 Å². The Hall–Kier alpha value is -0.760. The molecule has 0 aromatic heterocycles. The molecule has 0 heterocycles. The van der Waals surface area contributed by atoms with E-state index >= 15 is 0 Å². The normalized spacial score (nSPS) is 23.0. The van der Waals surface area contributed by atoms with Gasteiger partial charge in [-0.15, -0.1) is 0 Å². The Morgan fingerprint density at radius 2 is 2.28 bits per heavy atom. The molecule has 0 saturated carbocycles. The second-order valence-corrected chi connectivity index (χ2v) is 6.34. The van der Waals surface area contributed by atoms with Gasteiger partial charge in [-0.2, -0.15) is 0 Å². The SMILES string of the molecule is CC(C)CN(C1=CC=CCC1)C1C=CC(Br)=CC1. The molecule has 2 rings (SSSR count). The summed E-state index contributed by atoms with van der Waals surface area (Å²) >= 11 is 3.54. The van der Waals surface area contributed by atoms with Crippen LogP contribution < -0.4 is 0 Å². The largest absolute Gasteiger partial charge is 0.368 e. The standard InChI is InChI=1S/C16H22BrN/c1-13(2)12-18(15-6-4-3-5-7-15)16-10-8-14(17)9-11-16/h3-4,6,8-10,13,16H,5,7,11-12H2,1-2H3. The van der Waals surface area contributed by atoms with Gasteiger partial charge in [0, 0.05) is 16.7 Å². The predicted molar refractivity (Wildman–Crippen MR) is 82.6 cm³/mol. The number of rotatable bonds is 4. The molecule has 18 heavy (non-hydrogen) atoms. The smallest absolute Gasteiger partial charge is 0.0508 e. The average molecular weight is 308 g/mol. The minimum atomic E-state index is 0.520. The van der Waals surface area contributed by atoms with Gasteiger partial charge in [0.05, 0.1) is 6.04 Å². The number of allylic oxidation sites excluding steroid dienone is 6. The van der Waals surface area contributed by atoms with Crippen LogP contribution in [0, 0.1) is 5.92 Å². The zero-order valence-electron chi connectivity index (χ0n) is 11.3. The second kappa shape index (κ2) is 6.42. The monoisotopic (exact) mass is 307 g/mol. The molecule has 1 unspecified atom stereocenters. The van der Waals surface area contributed by atoms with E-state index in [1.165, 1.54) is 23.0 Å². The van der Waals surface area contributed by atoms with Crippen molar-refractivity contribution in [2.45, 2.75) is 39.2 Å². The minimum Gasteiger partial charge on any atom is -0.368 e. The maximum atomic E-state index is 3.54. The zero-order chi connectivity index (χ0) is 13.0. The lowest BCUT2D eigenvalue weighted by molar-refractivity contribution is 0.251. The van der Waals surface area contributed by atoms with Gasteiger partial charge < -0.3 is 4.90 Å². The third-order valence-electron chi connectivity index (χ3n) is 3.35. The third-order valence-corrected chi connectivity index (χ3v) is 3.94. The summed E-state index contributed by atoms with van der Waals surface area (Å²) < 4.78 is 1.21. The second-order valence-electron chi connectivity index (χ2n) is 5.42. The first-order valence-corrected chi connectivity index (χ1v) is 7.62. The molecule has 98 valence electrons. The van der Waals surface area contributed by atoms with Gasteiger partial charge in [0.25, 0.3) is 0 Å². The van der Waals surface area contributed by atoms with Crippen molar-refractivity contribution in [1.82, 2.24) is 4.90 Å². The fourth-order valence-corrected chi connectivity index (χ4v) is 2.84. The van der Waals surface area contributed by atoms with Crippen molar-refractivity contribution in [3.05, 3.63) is 46.6 Å². The molecule has 2 heteroatoms. The molecule has 0 N–H and O–H groups in total. The molecular weight excluding hydrogens is 286 g/mol. The molecule has 0 radical (unpaired) electrons. The number of nitrogens with zero attached hydrogens (tertiary/aromatic N) is 1. The van der Waals surface area contributed by atoms with E-state index in [1.54, 1.807) is 0 Å². The van der Waals surface area contributed by atoms with Crippen LogP contribution in [0.2, 0.25) is 0 Å². The van der Waals surface area contributed by atoms with Crippen LogP contribution in [0.1, 0.15) is 33.1 Å². The lowest BCUT2D eigenvalue weighted by Crippen LogP contribution is -2.36. The van der Waals surface area contributed by atoms with E-state index in [0.717, 1.165) is 13.0 Å². The maximum absolute atomic E-state index is 3.54. The summed E-state index contributed by atoms with van der Waals surface area (Å²) in [6.45, 7) is 5.73. The summed E-state index contributed by atoms with van der Waals surface area (Å²) in [5.74, 6) is 0.694. The number of hydrogen-bond donors (Lipinski definition) is 0. The quantitative estimate of drug-likeness (QED) is 0.722. The van der Waals surface area contributed by atoms with E-state index < -0.39 is 0 Å². The lowest BCUT2D eigenvalue weighted by Gasteiger charge is -2.36. The van der Waals surface area contributed by atoms with Crippen molar-refractivity contribution in [3.63, 3.8) is 0 Å². The molecule has 0 saturated heterocycles. The molecule has 1 atom stereocenters. The van der Waals surface area contributed by atoms with Crippen molar-refractivity contribution >= 4 is 15.9 Å². The molecular formula is C16H22BrN. The van der Waals surface area contributed by atoms with Gasteiger partial charge in [0.15, 0.2) is 0 Å². The van der Waals surface area contributed by atoms with Gasteiger partial charge >= 0.3 is 0 Å². The van der Waals surface area contributed by atoms with Crippen molar-refractivity contribution in [3.8, 4) is 0 Å². The van der Waals surface area contributed by atoms with Gasteiger partial charge in [-0.1, -0.05) is 60.2 Å². The van der Waals surface area contributed by atoms with Crippen LogP contribution in [0.25, 0.3) is 0 Å². The van der Waals surface area contributed by atoms with E-state index in [1.807, 2.05) is 0 Å². The fourth-order valence-electron chi connectivity index (χ4n) is 2.50. The highest BCUT2D eigenvalue weighted by atomic mass is 79.9. The summed E-state index contributed by atoms with van der Waals surface area (Å²) in [6.07, 6.45) is 17.0. The molecule has 1 nitrogen and oxygen atoms in total. The number of hydrogen-bond acceptors (Lipinski definition) is 1. The van der Waals surface area contributed by atoms with Gasteiger partial charge in [-0.25, -0.2) is 0 Å². The minimum absolute atomic E-state index is 0.520. The Balaban J connectivity index is 2.12. The first-order chi connectivity index (χ1) is 8.66. The molecule has 0 bridgehead atoms. The highest BCUT2D eigenvalue weighted by Gasteiger charge is 2.20. The highest BCUT2D eigenvalue weighted by molar-refractivity contribution is 9.11. The lowest BCUT2D eigenvalue weighted by atomic mass is 10.0. The molecule has 2 aliphatic carbocycles. The molecule has 0 aromatic carbocycles. The molecule has 0 aliphatic heterocycles. The highest BCUT2D eigenvalue weighted by Crippen LogP contribution is 2.26. The summed E-state index contributed by atoms with van der Waals surface area (Å²) in [5.41, 5.74) is 1.49. The third kappa shape index (κ3) is 3.61. The Bertz CT molecular complexity index is 401. The van der Waals surface area contributed by atoms with Crippen LogP contribution in [-0.4, -0.2) is 17.5 Å². The first-order valence-electron chi connectivity index (χ1n) is 6.83. The van der Waals surface area contributed by atoms with Crippen LogP contribution in [0.15, 0.2) is 46.6 Å². The van der Waals surface area contributed by atoms with E-state index in [2.05, 4.69) is 71.1 Å². The van der Waals surface area contributed by atoms with Gasteiger partial charge in [0.1, 0.15) is 0 Å². The van der Waals surface area contributed by atoms with Gasteiger partial charge in [-0.3, -0.25) is 0 Å². The average Bonchev–Trinajstić information content (AvgIpc) is 2.38. The van der Waals surface area contributed by atoms with Crippen LogP contribution in [-0.2, 0) is 0 Å². The molecule has 0 fully saturated rings. The predicted octanol–water partition coefficient (Wildman–Crippen LogP) is 4.79.